The summed E-state index contributed by atoms with van der Waals surface area (Å²) in [6.45, 7) is 0.0642. The molecule has 0 radical (unpaired) electrons. The van der Waals surface area contributed by atoms with Crippen LogP contribution >= 0.6 is 0 Å². The lowest BCUT2D eigenvalue weighted by Crippen LogP contribution is -2.23. The molecule has 0 saturated carbocycles. The molecule has 5 rings (SSSR count). The van der Waals surface area contributed by atoms with E-state index in [1.807, 2.05) is 30.5 Å². The summed E-state index contributed by atoms with van der Waals surface area (Å²) in [5.41, 5.74) is 3.22. The van der Waals surface area contributed by atoms with Crippen molar-refractivity contribution < 1.29 is 22.7 Å². The third kappa shape index (κ3) is 5.67. The van der Waals surface area contributed by atoms with Gasteiger partial charge in [-0.25, -0.2) is 4.98 Å². The van der Waals surface area contributed by atoms with Crippen LogP contribution in [-0.2, 0) is 6.54 Å². The van der Waals surface area contributed by atoms with Crippen LogP contribution in [-0.4, -0.2) is 32.4 Å². The molecule has 168 valence electrons. The first-order chi connectivity index (χ1) is 15.9. The van der Waals surface area contributed by atoms with E-state index in [2.05, 4.69) is 30.2 Å². The predicted molar refractivity (Wildman–Crippen MR) is 116 cm³/mol. The molecule has 5 aromatic rings. The Morgan fingerprint density at radius 1 is 1.00 bits per heavy atom. The molecule has 3 aromatic carbocycles. The Kier molecular flexibility index (Phi) is 6.25. The van der Waals surface area contributed by atoms with E-state index in [4.69, 9.17) is 0 Å². The van der Waals surface area contributed by atoms with Gasteiger partial charge in [0.2, 0.25) is 0 Å². The molecule has 0 atom stereocenters. The fraction of sp³-hybridized carbons (Fsp3) is 0.0870. The van der Waals surface area contributed by atoms with Crippen LogP contribution in [0.25, 0.3) is 21.9 Å². The molecule has 2 aromatic heterocycles. The summed E-state index contributed by atoms with van der Waals surface area (Å²) in [6.07, 6.45) is -1.45. The number of imidazole rings is 1. The first-order valence-electron chi connectivity index (χ1n) is 9.82. The molecule has 10 heteroatoms. The van der Waals surface area contributed by atoms with Crippen LogP contribution in [0.1, 0.15) is 15.9 Å². The molecule has 33 heavy (non-hydrogen) atoms. The van der Waals surface area contributed by atoms with Crippen molar-refractivity contribution in [1.29, 1.82) is 0 Å². The van der Waals surface area contributed by atoms with Gasteiger partial charge < -0.3 is 15.0 Å². The van der Waals surface area contributed by atoms with Crippen molar-refractivity contribution in [2.24, 2.45) is 0 Å². The molecule has 7 nitrogen and oxygen atoms in total. The van der Waals surface area contributed by atoms with Crippen LogP contribution in [0.5, 0.6) is 5.75 Å². The number of nitrogens with zero attached hydrogens (tertiary/aromatic N) is 2. The second-order valence-corrected chi connectivity index (χ2v) is 6.94. The van der Waals surface area contributed by atoms with Crippen molar-refractivity contribution in [3.63, 3.8) is 0 Å². The topological polar surface area (TPSA) is 95.7 Å². The summed E-state index contributed by atoms with van der Waals surface area (Å²) in [6, 6.07) is 18.6. The number of rotatable bonds is 4. The fourth-order valence-corrected chi connectivity index (χ4v) is 3.16. The number of hydrogen-bond donors (Lipinski definition) is 3. The standard InChI is InChI=1S/C16H12F3N3O2.C7H6N2/c17-16(18,19)24-11-4-1-3-10(7-11)8-20-15(23)12-5-2-6-13-14(12)22-9-21-13;1-2-4-7-6(3-1)5-8-9-7/h1-7,9H,8H2,(H,20,23)(H,21,22);1-5H,(H,8,9). The van der Waals surface area contributed by atoms with Crippen molar-refractivity contribution in [1.82, 2.24) is 25.5 Å². The lowest BCUT2D eigenvalue weighted by Gasteiger charge is -2.10. The van der Waals surface area contributed by atoms with Gasteiger partial charge in [0.1, 0.15) is 11.3 Å². The Balaban J connectivity index is 0.000000238. The van der Waals surface area contributed by atoms with E-state index in [1.165, 1.54) is 24.5 Å². The van der Waals surface area contributed by atoms with E-state index in [0.717, 1.165) is 16.4 Å². The van der Waals surface area contributed by atoms with Crippen molar-refractivity contribution in [2.45, 2.75) is 12.9 Å². The van der Waals surface area contributed by atoms with Crippen LogP contribution < -0.4 is 10.1 Å². The molecular weight excluding hydrogens is 435 g/mol. The first-order valence-corrected chi connectivity index (χ1v) is 9.82. The Morgan fingerprint density at radius 3 is 2.61 bits per heavy atom. The number of amides is 1. The van der Waals surface area contributed by atoms with Gasteiger partial charge in [0.15, 0.2) is 0 Å². The van der Waals surface area contributed by atoms with Gasteiger partial charge in [-0.2, -0.15) is 5.10 Å². The number of para-hydroxylation sites is 2. The molecule has 3 N–H and O–H groups in total. The Labute approximate surface area is 185 Å². The number of nitrogens with one attached hydrogen (secondary N) is 3. The van der Waals surface area contributed by atoms with E-state index in [0.29, 0.717) is 16.6 Å². The lowest BCUT2D eigenvalue weighted by molar-refractivity contribution is -0.274. The lowest BCUT2D eigenvalue weighted by atomic mass is 10.1. The molecule has 0 saturated heterocycles. The zero-order chi connectivity index (χ0) is 23.3. The molecule has 0 unspecified atom stereocenters. The summed E-state index contributed by atoms with van der Waals surface area (Å²) in [7, 11) is 0. The van der Waals surface area contributed by atoms with E-state index < -0.39 is 6.36 Å². The number of fused-ring (bicyclic) bond motifs is 2. The molecule has 0 bridgehead atoms. The number of hydrogen-bond acceptors (Lipinski definition) is 4. The highest BCUT2D eigenvalue weighted by Crippen LogP contribution is 2.23. The van der Waals surface area contributed by atoms with Crippen LogP contribution in [0.4, 0.5) is 13.2 Å². The monoisotopic (exact) mass is 453 g/mol. The van der Waals surface area contributed by atoms with Gasteiger partial charge in [-0.3, -0.25) is 9.89 Å². The molecule has 0 aliphatic heterocycles. The Morgan fingerprint density at radius 2 is 1.79 bits per heavy atom. The number of benzene rings is 3. The van der Waals surface area contributed by atoms with Crippen LogP contribution in [0.2, 0.25) is 0 Å². The fourth-order valence-electron chi connectivity index (χ4n) is 3.16. The summed E-state index contributed by atoms with van der Waals surface area (Å²) in [4.78, 5) is 19.3. The summed E-state index contributed by atoms with van der Waals surface area (Å²) in [5.74, 6) is -0.696. The average molecular weight is 453 g/mol. The van der Waals surface area contributed by atoms with Gasteiger partial charge in [0.25, 0.3) is 5.91 Å². The van der Waals surface area contributed by atoms with Gasteiger partial charge in [-0.05, 0) is 35.9 Å². The number of halogens is 3. The molecule has 0 spiro atoms. The number of carbonyl (C=O) groups excluding carboxylic acids is 1. The minimum absolute atomic E-state index is 0.0642. The SMILES string of the molecule is O=C(NCc1cccc(OC(F)(F)F)c1)c1cccc2[nH]cnc12.c1ccc2[nH]ncc2c1. The maximum Gasteiger partial charge on any atom is 0.573 e. The maximum atomic E-state index is 12.3. The minimum Gasteiger partial charge on any atom is -0.406 e. The predicted octanol–water partition coefficient (Wildman–Crippen LogP) is 4.95. The zero-order valence-electron chi connectivity index (χ0n) is 17.1. The van der Waals surface area contributed by atoms with E-state index >= 15 is 0 Å². The maximum absolute atomic E-state index is 12.3. The minimum atomic E-state index is -4.75. The van der Waals surface area contributed by atoms with Gasteiger partial charge in [0, 0.05) is 11.9 Å². The van der Waals surface area contributed by atoms with Gasteiger partial charge in [-0.15, -0.1) is 13.2 Å². The second-order valence-electron chi connectivity index (χ2n) is 6.94. The Hall–Kier alpha value is -4.34. The zero-order valence-corrected chi connectivity index (χ0v) is 17.1. The molecule has 2 heterocycles. The molecule has 1 amide bonds. The Bertz CT molecular complexity index is 1350. The second kappa shape index (κ2) is 9.43. The summed E-state index contributed by atoms with van der Waals surface area (Å²) in [5, 5.41) is 10.6. The van der Waals surface area contributed by atoms with E-state index in [1.54, 1.807) is 24.3 Å². The van der Waals surface area contributed by atoms with E-state index in [-0.39, 0.29) is 18.2 Å². The highest BCUT2D eigenvalue weighted by molar-refractivity contribution is 6.04. The number of aromatic nitrogens is 4. The van der Waals surface area contributed by atoms with Crippen molar-refractivity contribution in [3.8, 4) is 5.75 Å². The summed E-state index contributed by atoms with van der Waals surface area (Å²) >= 11 is 0. The highest BCUT2D eigenvalue weighted by Gasteiger charge is 2.31. The quantitative estimate of drug-likeness (QED) is 0.359. The van der Waals surface area contributed by atoms with Gasteiger partial charge in [0.05, 0.1) is 29.1 Å². The first kappa shape index (κ1) is 21.9. The van der Waals surface area contributed by atoms with E-state index in [9.17, 15) is 18.0 Å². The molecule has 0 fully saturated rings. The van der Waals surface area contributed by atoms with Crippen molar-refractivity contribution >= 4 is 27.8 Å². The smallest absolute Gasteiger partial charge is 0.406 e. The number of carbonyl (C=O) groups is 1. The third-order valence-electron chi connectivity index (χ3n) is 4.63. The van der Waals surface area contributed by atoms with Crippen molar-refractivity contribution in [3.05, 3.63) is 90.4 Å². The largest absolute Gasteiger partial charge is 0.573 e. The molecule has 0 aliphatic carbocycles. The van der Waals surface area contributed by atoms with Gasteiger partial charge in [-0.1, -0.05) is 36.4 Å². The third-order valence-corrected chi connectivity index (χ3v) is 4.63. The van der Waals surface area contributed by atoms with Crippen LogP contribution in [0.3, 0.4) is 0 Å². The highest BCUT2D eigenvalue weighted by atomic mass is 19.4. The average Bonchev–Trinajstić information content (AvgIpc) is 3.46. The molecular formula is C23H18F3N5O2. The van der Waals surface area contributed by atoms with Crippen molar-refractivity contribution in [2.75, 3.05) is 0 Å². The van der Waals surface area contributed by atoms with Crippen LogP contribution in [0.15, 0.2) is 79.3 Å². The number of ether oxygens (including phenoxy) is 1. The molecule has 0 aliphatic rings. The number of alkyl halides is 3. The summed E-state index contributed by atoms with van der Waals surface area (Å²) < 4.78 is 40.5. The van der Waals surface area contributed by atoms with Crippen LogP contribution in [0, 0.1) is 0 Å². The number of H-pyrrole nitrogens is 2. The van der Waals surface area contributed by atoms with Gasteiger partial charge >= 0.3 is 6.36 Å². The normalized spacial score (nSPS) is 11.1. The number of aromatic amines is 2.